The Kier molecular flexibility index (Phi) is 5.92. The second-order valence-corrected chi connectivity index (χ2v) is 10.2. The van der Waals surface area contributed by atoms with E-state index >= 15 is 0 Å². The second kappa shape index (κ2) is 6.02. The van der Waals surface area contributed by atoms with Crippen molar-refractivity contribution in [1.82, 2.24) is 0 Å². The fourth-order valence-corrected chi connectivity index (χ4v) is 2.38. The van der Waals surface area contributed by atoms with Gasteiger partial charge >= 0.3 is 0 Å². The van der Waals surface area contributed by atoms with E-state index in [0.29, 0.717) is 0 Å². The van der Waals surface area contributed by atoms with E-state index in [-0.39, 0.29) is 16.7 Å². The lowest BCUT2D eigenvalue weighted by Gasteiger charge is -2.22. The van der Waals surface area contributed by atoms with Crippen LogP contribution >= 0.6 is 104 Å². The van der Waals surface area contributed by atoms with Gasteiger partial charge in [0.2, 0.25) is 11.4 Å². The summed E-state index contributed by atoms with van der Waals surface area (Å²) in [7, 11) is 0. The average Bonchev–Trinajstić information content (AvgIpc) is 2.11. The molecule has 0 atom stereocenters. The van der Waals surface area contributed by atoms with E-state index in [1.165, 1.54) is 0 Å². The predicted molar refractivity (Wildman–Crippen MR) is 84.3 cm³/mol. The molecule has 0 aliphatic heterocycles. The molecule has 0 unspecified atom stereocenters. The summed E-state index contributed by atoms with van der Waals surface area (Å²) in [5, 5.41) is 12.1. The lowest BCUT2D eigenvalue weighted by molar-refractivity contribution is 0.345. The molecule has 10 heteroatoms. The van der Waals surface area contributed by atoms with E-state index in [0.717, 1.165) is 12.1 Å². The van der Waals surface area contributed by atoms with Crippen LogP contribution in [0.15, 0.2) is 12.1 Å². The largest absolute Gasteiger partial charge is 0.289 e. The van der Waals surface area contributed by atoms with Gasteiger partial charge in [-0.3, -0.25) is 5.11 Å². The predicted octanol–water partition coefficient (Wildman–Crippen LogP) is 7.31. The lowest BCUT2D eigenvalue weighted by Crippen LogP contribution is -2.11. The van der Waals surface area contributed by atoms with Crippen molar-refractivity contribution in [3.63, 3.8) is 0 Å². The molecule has 0 N–H and O–H groups in total. The molecule has 1 aromatic rings. The molecule has 0 fully saturated rings. The van der Waals surface area contributed by atoms with Gasteiger partial charge in [0.1, 0.15) is 0 Å². The van der Waals surface area contributed by atoms with E-state index in [1.807, 2.05) is 0 Å². The molecule has 0 aliphatic rings. The monoisotopic (exact) mass is 441 g/mol. The molecular weight excluding hydrogens is 443 g/mol. The van der Waals surface area contributed by atoms with Crippen LogP contribution in [0.4, 0.5) is 0 Å². The van der Waals surface area contributed by atoms with Crippen LogP contribution in [0, 0.1) is 0 Å². The first-order valence-electron chi connectivity index (χ1n) is 4.31. The van der Waals surface area contributed by atoms with Gasteiger partial charge in [0.05, 0.1) is 11.1 Å². The Hall–Kier alpha value is 1.63. The minimum Gasteiger partial charge on any atom is -0.289 e. The number of benzene rings is 1. The number of alkyl halides is 9. The van der Waals surface area contributed by atoms with Gasteiger partial charge in [0.15, 0.2) is 5.75 Å². The fourth-order valence-electron chi connectivity index (χ4n) is 1.21. The number of hydrogen-bond acceptors (Lipinski definition) is 0. The zero-order chi connectivity index (χ0) is 15.2. The summed E-state index contributed by atoms with van der Waals surface area (Å²) in [6.07, 6.45) is 0. The van der Waals surface area contributed by atoms with Crippen LogP contribution in [-0.2, 0) is 16.5 Å². The van der Waals surface area contributed by atoms with Crippen LogP contribution in [0.1, 0.15) is 16.7 Å². The maximum atomic E-state index is 12.1. The van der Waals surface area contributed by atoms with Gasteiger partial charge in [-0.25, -0.2) is 0 Å². The normalized spacial score (nSPS) is 13.7. The molecule has 0 saturated carbocycles. The smallest absolute Gasteiger partial charge is 0.219 e. The van der Waals surface area contributed by atoms with Crippen LogP contribution in [0.3, 0.4) is 0 Å². The van der Waals surface area contributed by atoms with Crippen LogP contribution in [0.5, 0.6) is 5.75 Å². The van der Waals surface area contributed by atoms with E-state index in [4.69, 9.17) is 104 Å². The molecular formula is C9H2Cl9O. The third-order valence-electron chi connectivity index (χ3n) is 2.03. The van der Waals surface area contributed by atoms with Gasteiger partial charge < -0.3 is 0 Å². The van der Waals surface area contributed by atoms with Crippen LogP contribution in [-0.4, -0.2) is 0 Å². The number of halogens is 9. The van der Waals surface area contributed by atoms with Crippen molar-refractivity contribution in [3.05, 3.63) is 28.8 Å². The summed E-state index contributed by atoms with van der Waals surface area (Å²) < 4.78 is -5.97. The first kappa shape index (κ1) is 18.7. The highest BCUT2D eigenvalue weighted by atomic mass is 35.6. The molecule has 1 radical (unpaired) electrons. The standard InChI is InChI=1S/C9H2Cl9O/c10-7(11,12)3-1-4(8(13,14)15)6(19)5(2-3)9(16,17)18/h1-2H. The van der Waals surface area contributed by atoms with Crippen molar-refractivity contribution in [3.8, 4) is 5.75 Å². The van der Waals surface area contributed by atoms with Crippen molar-refractivity contribution < 1.29 is 5.11 Å². The topological polar surface area (TPSA) is 19.9 Å². The summed E-state index contributed by atoms with van der Waals surface area (Å²) in [6, 6.07) is 2.28. The average molecular weight is 445 g/mol. The molecule has 0 amide bonds. The molecule has 0 spiro atoms. The quantitative estimate of drug-likeness (QED) is 0.373. The summed E-state index contributed by atoms with van der Waals surface area (Å²) >= 11 is 51.3. The molecule has 107 valence electrons. The van der Waals surface area contributed by atoms with Gasteiger partial charge in [0, 0.05) is 5.56 Å². The first-order valence-corrected chi connectivity index (χ1v) is 7.71. The molecule has 0 saturated heterocycles. The Bertz CT molecular complexity index is 445. The Morgan fingerprint density at radius 3 is 1.16 bits per heavy atom. The third-order valence-corrected chi connectivity index (χ3v) is 3.90. The summed E-state index contributed by atoms with van der Waals surface area (Å²) in [5.41, 5.74) is -0.509. The minimum atomic E-state index is -2.05. The molecule has 0 heterocycles. The van der Waals surface area contributed by atoms with Gasteiger partial charge in [0.25, 0.3) is 0 Å². The molecule has 19 heavy (non-hydrogen) atoms. The lowest BCUT2D eigenvalue weighted by atomic mass is 10.1. The number of rotatable bonds is 0. The minimum absolute atomic E-state index is 0.0414. The van der Waals surface area contributed by atoms with Crippen molar-refractivity contribution in [2.24, 2.45) is 0 Å². The van der Waals surface area contributed by atoms with Gasteiger partial charge in [-0.05, 0) is 12.1 Å². The highest BCUT2D eigenvalue weighted by Gasteiger charge is 2.38. The zero-order valence-electron chi connectivity index (χ0n) is 8.46. The van der Waals surface area contributed by atoms with Crippen LogP contribution < -0.4 is 0 Å². The maximum absolute atomic E-state index is 12.1. The molecule has 0 bridgehead atoms. The van der Waals surface area contributed by atoms with Gasteiger partial charge in [-0.2, -0.15) is 0 Å². The maximum Gasteiger partial charge on any atom is 0.219 e. The molecule has 1 aromatic carbocycles. The molecule has 0 aromatic heterocycles. The Morgan fingerprint density at radius 1 is 0.632 bits per heavy atom. The van der Waals surface area contributed by atoms with Gasteiger partial charge in [-0.1, -0.05) is 104 Å². The second-order valence-electron chi connectivity index (χ2n) is 3.39. The third kappa shape index (κ3) is 4.81. The Morgan fingerprint density at radius 2 is 0.947 bits per heavy atom. The van der Waals surface area contributed by atoms with Gasteiger partial charge in [-0.15, -0.1) is 0 Å². The Labute approximate surface area is 154 Å². The van der Waals surface area contributed by atoms with E-state index < -0.39 is 17.1 Å². The zero-order valence-corrected chi connectivity index (χ0v) is 15.3. The van der Waals surface area contributed by atoms with Crippen molar-refractivity contribution in [2.45, 2.75) is 11.4 Å². The number of hydrogen-bond donors (Lipinski definition) is 0. The summed E-state index contributed by atoms with van der Waals surface area (Å²) in [6.45, 7) is 0. The molecule has 1 nitrogen and oxygen atoms in total. The SMILES string of the molecule is [O]c1c(C(Cl)(Cl)Cl)cc(C(Cl)(Cl)Cl)cc1C(Cl)(Cl)Cl. The van der Waals surface area contributed by atoms with E-state index in [1.54, 1.807) is 0 Å². The summed E-state index contributed by atoms with van der Waals surface area (Å²) in [5.74, 6) is -0.752. The van der Waals surface area contributed by atoms with Crippen LogP contribution in [0.2, 0.25) is 0 Å². The van der Waals surface area contributed by atoms with Crippen molar-refractivity contribution >= 4 is 104 Å². The van der Waals surface area contributed by atoms with Crippen molar-refractivity contribution in [1.29, 1.82) is 0 Å². The highest BCUT2D eigenvalue weighted by Crippen LogP contribution is 2.52. The van der Waals surface area contributed by atoms with Crippen molar-refractivity contribution in [2.75, 3.05) is 0 Å². The summed E-state index contributed by atoms with van der Waals surface area (Å²) in [4.78, 5) is 0. The van der Waals surface area contributed by atoms with Crippen LogP contribution in [0.25, 0.3) is 0 Å². The fraction of sp³-hybridized carbons (Fsp3) is 0.333. The Balaban J connectivity index is 3.68. The molecule has 0 aliphatic carbocycles. The first-order chi connectivity index (χ1) is 8.24. The highest BCUT2D eigenvalue weighted by molar-refractivity contribution is 6.69. The molecule has 1 rings (SSSR count). The van der Waals surface area contributed by atoms with E-state index in [2.05, 4.69) is 0 Å². The van der Waals surface area contributed by atoms with E-state index in [9.17, 15) is 5.11 Å².